The molecule has 5 nitrogen and oxygen atoms in total. The van der Waals surface area contributed by atoms with Gasteiger partial charge in [-0.05, 0) is 72.5 Å². The number of ether oxygens (including phenoxy) is 2. The van der Waals surface area contributed by atoms with Gasteiger partial charge in [-0.15, -0.1) is 11.3 Å². The van der Waals surface area contributed by atoms with Gasteiger partial charge in [0.05, 0.1) is 25.4 Å². The Morgan fingerprint density at radius 3 is 2.50 bits per heavy atom. The zero-order valence-corrected chi connectivity index (χ0v) is 24.3. The molecular formula is C28H36O5S2Si. The molecule has 0 amide bonds. The SMILES string of the molecule is CCOc1ccc2cc(-c3ccc([C@@]4(CC(=O)OCC[Si](C)(C)C)CCCCS4(=O)=O)s3)ccc2c1. The number of rotatable bonds is 9. The van der Waals surface area contributed by atoms with Crippen molar-refractivity contribution in [3.8, 4) is 16.2 Å². The summed E-state index contributed by atoms with van der Waals surface area (Å²) in [5, 5.41) is 2.19. The highest BCUT2D eigenvalue weighted by Crippen LogP contribution is 2.47. The molecule has 0 unspecified atom stereocenters. The fourth-order valence-corrected chi connectivity index (χ4v) is 9.22. The number of sulfone groups is 1. The normalized spacial score (nSPS) is 19.8. The van der Waals surface area contributed by atoms with Crippen LogP contribution in [0.5, 0.6) is 5.75 Å². The van der Waals surface area contributed by atoms with E-state index in [-0.39, 0.29) is 12.2 Å². The molecule has 0 spiro atoms. The lowest BCUT2D eigenvalue weighted by atomic mass is 9.95. The standard InChI is InChI=1S/C28H36O5S2Si/c1-5-32-24-11-10-21-18-23(9-8-22(21)19-24)25-12-13-26(34-25)28(14-6-7-16-35(28,30)31)20-27(29)33-15-17-36(2,3)4/h8-13,18-19H,5-7,14-17,20H2,1-4H3/t28-/m0/s1. The number of thiophene rings is 1. The predicted molar refractivity (Wildman–Crippen MR) is 151 cm³/mol. The largest absolute Gasteiger partial charge is 0.494 e. The van der Waals surface area contributed by atoms with Gasteiger partial charge < -0.3 is 9.47 Å². The maximum atomic E-state index is 13.5. The van der Waals surface area contributed by atoms with Crippen molar-refractivity contribution < 1.29 is 22.7 Å². The lowest BCUT2D eigenvalue weighted by Crippen LogP contribution is -2.42. The third-order valence-corrected chi connectivity index (χ3v) is 12.6. The van der Waals surface area contributed by atoms with E-state index in [2.05, 4.69) is 37.8 Å². The molecule has 0 radical (unpaired) electrons. The fraction of sp³-hybridized carbons (Fsp3) is 0.464. The van der Waals surface area contributed by atoms with E-state index in [4.69, 9.17) is 9.47 Å². The third-order valence-electron chi connectivity index (χ3n) is 6.85. The number of fused-ring (bicyclic) bond motifs is 1. The van der Waals surface area contributed by atoms with Crippen molar-refractivity contribution in [3.63, 3.8) is 0 Å². The minimum Gasteiger partial charge on any atom is -0.494 e. The number of carbonyl (C=O) groups excluding carboxylic acids is 1. The average molecular weight is 545 g/mol. The molecule has 2 aromatic carbocycles. The van der Waals surface area contributed by atoms with Gasteiger partial charge in [0.25, 0.3) is 0 Å². The van der Waals surface area contributed by atoms with Crippen LogP contribution in [0.25, 0.3) is 21.2 Å². The van der Waals surface area contributed by atoms with E-state index in [1.807, 2.05) is 37.3 Å². The Labute approximate surface area is 219 Å². The summed E-state index contributed by atoms with van der Waals surface area (Å²) in [5.41, 5.74) is 1.03. The molecule has 2 heterocycles. The van der Waals surface area contributed by atoms with Crippen molar-refractivity contribution in [2.24, 2.45) is 0 Å². The maximum Gasteiger partial charge on any atom is 0.307 e. The van der Waals surface area contributed by atoms with Gasteiger partial charge in [-0.25, -0.2) is 8.42 Å². The van der Waals surface area contributed by atoms with Crippen LogP contribution in [0.4, 0.5) is 0 Å². The molecule has 8 heteroatoms. The molecule has 1 saturated heterocycles. The molecule has 0 bridgehead atoms. The smallest absolute Gasteiger partial charge is 0.307 e. The third kappa shape index (κ3) is 5.87. The zero-order chi connectivity index (χ0) is 26.0. The Morgan fingerprint density at radius 2 is 1.78 bits per heavy atom. The first-order chi connectivity index (χ1) is 17.0. The monoisotopic (exact) mass is 544 g/mol. The van der Waals surface area contributed by atoms with E-state index in [1.54, 1.807) is 0 Å². The maximum absolute atomic E-state index is 13.5. The number of benzene rings is 2. The summed E-state index contributed by atoms with van der Waals surface area (Å²) in [7, 11) is -4.85. The lowest BCUT2D eigenvalue weighted by Gasteiger charge is -2.35. The summed E-state index contributed by atoms with van der Waals surface area (Å²) in [6.45, 7) is 9.64. The summed E-state index contributed by atoms with van der Waals surface area (Å²) in [6.07, 6.45) is 1.77. The van der Waals surface area contributed by atoms with E-state index in [0.29, 0.717) is 26.1 Å². The number of carbonyl (C=O) groups is 1. The first kappa shape index (κ1) is 26.9. The van der Waals surface area contributed by atoms with Crippen LogP contribution in [0, 0.1) is 0 Å². The van der Waals surface area contributed by atoms with Crippen LogP contribution in [0.3, 0.4) is 0 Å². The Kier molecular flexibility index (Phi) is 7.97. The van der Waals surface area contributed by atoms with Crippen molar-refractivity contribution in [3.05, 3.63) is 53.4 Å². The summed E-state index contributed by atoms with van der Waals surface area (Å²) in [5.74, 6) is 0.544. The molecule has 1 aliphatic rings. The van der Waals surface area contributed by atoms with Gasteiger partial charge in [0.15, 0.2) is 9.84 Å². The average Bonchev–Trinajstić information content (AvgIpc) is 3.30. The van der Waals surface area contributed by atoms with Crippen molar-refractivity contribution in [2.75, 3.05) is 19.0 Å². The minimum atomic E-state index is -3.50. The molecule has 1 atom stereocenters. The Morgan fingerprint density at radius 1 is 1.03 bits per heavy atom. The summed E-state index contributed by atoms with van der Waals surface area (Å²) >= 11 is 1.48. The molecule has 4 rings (SSSR count). The van der Waals surface area contributed by atoms with E-state index >= 15 is 0 Å². The molecule has 194 valence electrons. The van der Waals surface area contributed by atoms with Gasteiger partial charge in [-0.1, -0.05) is 44.3 Å². The van der Waals surface area contributed by atoms with Crippen molar-refractivity contribution in [2.45, 2.75) is 63.0 Å². The van der Waals surface area contributed by atoms with Gasteiger partial charge in [-0.2, -0.15) is 0 Å². The van der Waals surface area contributed by atoms with Crippen LogP contribution in [-0.4, -0.2) is 41.4 Å². The predicted octanol–water partition coefficient (Wildman–Crippen LogP) is 7.03. The van der Waals surface area contributed by atoms with Crippen molar-refractivity contribution in [1.82, 2.24) is 0 Å². The van der Waals surface area contributed by atoms with Gasteiger partial charge in [0.1, 0.15) is 10.5 Å². The number of hydrogen-bond donors (Lipinski definition) is 0. The van der Waals surface area contributed by atoms with Gasteiger partial charge >= 0.3 is 5.97 Å². The second-order valence-electron chi connectivity index (χ2n) is 10.8. The molecule has 0 N–H and O–H groups in total. The fourth-order valence-electron chi connectivity index (χ4n) is 4.74. The summed E-state index contributed by atoms with van der Waals surface area (Å²) in [4.78, 5) is 14.6. The first-order valence-corrected chi connectivity index (χ1v) is 18.9. The van der Waals surface area contributed by atoms with Crippen LogP contribution < -0.4 is 4.74 Å². The lowest BCUT2D eigenvalue weighted by molar-refractivity contribution is -0.144. The topological polar surface area (TPSA) is 69.7 Å². The Hall–Kier alpha value is -2.16. The van der Waals surface area contributed by atoms with Crippen molar-refractivity contribution >= 4 is 46.0 Å². The molecule has 0 saturated carbocycles. The van der Waals surface area contributed by atoms with E-state index in [0.717, 1.165) is 44.3 Å². The first-order valence-electron chi connectivity index (χ1n) is 12.7. The summed E-state index contributed by atoms with van der Waals surface area (Å²) < 4.78 is 36.9. The zero-order valence-electron chi connectivity index (χ0n) is 21.6. The van der Waals surface area contributed by atoms with E-state index < -0.39 is 28.6 Å². The Bertz CT molecular complexity index is 1340. The van der Waals surface area contributed by atoms with Gasteiger partial charge in [0, 0.05) is 17.8 Å². The quantitative estimate of drug-likeness (QED) is 0.214. The van der Waals surface area contributed by atoms with Crippen LogP contribution in [-0.2, 0) is 24.1 Å². The van der Waals surface area contributed by atoms with E-state index in [1.165, 1.54) is 11.3 Å². The molecule has 36 heavy (non-hydrogen) atoms. The highest BCUT2D eigenvalue weighted by Gasteiger charge is 2.49. The van der Waals surface area contributed by atoms with Crippen LogP contribution >= 0.6 is 11.3 Å². The summed E-state index contributed by atoms with van der Waals surface area (Å²) in [6, 6.07) is 17.0. The number of esters is 1. The molecule has 1 aromatic heterocycles. The highest BCUT2D eigenvalue weighted by molar-refractivity contribution is 7.92. The highest BCUT2D eigenvalue weighted by atomic mass is 32.2. The molecule has 3 aromatic rings. The second kappa shape index (κ2) is 10.7. The molecule has 1 fully saturated rings. The Balaban J connectivity index is 1.63. The van der Waals surface area contributed by atoms with Crippen LogP contribution in [0.1, 0.15) is 37.5 Å². The van der Waals surface area contributed by atoms with Crippen LogP contribution in [0.15, 0.2) is 48.5 Å². The minimum absolute atomic E-state index is 0.112. The molecular weight excluding hydrogens is 509 g/mol. The van der Waals surface area contributed by atoms with Gasteiger partial charge in [0.2, 0.25) is 0 Å². The number of hydrogen-bond acceptors (Lipinski definition) is 6. The molecule has 1 aliphatic heterocycles. The van der Waals surface area contributed by atoms with Gasteiger partial charge in [-0.3, -0.25) is 4.79 Å². The van der Waals surface area contributed by atoms with Crippen LogP contribution in [0.2, 0.25) is 25.7 Å². The van der Waals surface area contributed by atoms with Crippen molar-refractivity contribution in [1.29, 1.82) is 0 Å². The van der Waals surface area contributed by atoms with E-state index in [9.17, 15) is 13.2 Å². The second-order valence-corrected chi connectivity index (χ2v) is 19.9. The molecule has 0 aliphatic carbocycles.